The van der Waals surface area contributed by atoms with Gasteiger partial charge in [-0.2, -0.15) is 0 Å². The number of methoxy groups -OCH3 is 1. The van der Waals surface area contributed by atoms with E-state index in [0.717, 1.165) is 26.1 Å². The van der Waals surface area contributed by atoms with Crippen LogP contribution in [0.15, 0.2) is 0 Å². The first-order valence-electron chi connectivity index (χ1n) is 6.63. The van der Waals surface area contributed by atoms with Gasteiger partial charge in [-0.15, -0.1) is 0 Å². The highest BCUT2D eigenvalue weighted by Gasteiger charge is 2.26. The summed E-state index contributed by atoms with van der Waals surface area (Å²) in [5.74, 6) is 0.387. The number of esters is 1. The van der Waals surface area contributed by atoms with E-state index < -0.39 is 6.10 Å². The minimum Gasteiger partial charge on any atom is -0.467 e. The number of carbonyl (C=O) groups is 1. The molecule has 0 saturated carbocycles. The second-order valence-corrected chi connectivity index (χ2v) is 4.98. The molecular weight excluding hydrogens is 234 g/mol. The number of hydrogen-bond acceptors (Lipinski definition) is 5. The van der Waals surface area contributed by atoms with E-state index in [9.17, 15) is 4.79 Å². The lowest BCUT2D eigenvalue weighted by Crippen LogP contribution is -2.47. The molecule has 0 aromatic rings. The Balaban J connectivity index is 2.12. The molecule has 1 heterocycles. The fraction of sp³-hybridized carbons (Fsp3) is 0.923. The smallest absolute Gasteiger partial charge is 0.336 e. The maximum Gasteiger partial charge on any atom is 0.336 e. The van der Waals surface area contributed by atoms with Crippen LogP contribution in [0.3, 0.4) is 0 Å². The molecule has 0 aromatic carbocycles. The highest BCUT2D eigenvalue weighted by Crippen LogP contribution is 2.06. The van der Waals surface area contributed by atoms with Crippen molar-refractivity contribution in [1.82, 2.24) is 4.90 Å². The Morgan fingerprint density at radius 3 is 2.89 bits per heavy atom. The van der Waals surface area contributed by atoms with Crippen molar-refractivity contribution >= 4 is 5.97 Å². The molecule has 0 aliphatic carbocycles. The topological polar surface area (TPSA) is 48.0 Å². The summed E-state index contributed by atoms with van der Waals surface area (Å²) in [6, 6.07) is 0. The van der Waals surface area contributed by atoms with Gasteiger partial charge in [0.2, 0.25) is 0 Å². The van der Waals surface area contributed by atoms with Crippen LogP contribution in [0.2, 0.25) is 0 Å². The van der Waals surface area contributed by atoms with Crippen LogP contribution < -0.4 is 0 Å². The summed E-state index contributed by atoms with van der Waals surface area (Å²) in [7, 11) is 1.39. The third kappa shape index (κ3) is 5.80. The molecule has 0 N–H and O–H groups in total. The molecule has 0 radical (unpaired) electrons. The quantitative estimate of drug-likeness (QED) is 0.503. The van der Waals surface area contributed by atoms with E-state index in [1.807, 2.05) is 0 Å². The summed E-state index contributed by atoms with van der Waals surface area (Å²) in [6.45, 7) is 8.75. The summed E-state index contributed by atoms with van der Waals surface area (Å²) in [4.78, 5) is 13.5. The molecule has 1 fully saturated rings. The molecule has 18 heavy (non-hydrogen) atoms. The van der Waals surface area contributed by atoms with Crippen LogP contribution in [-0.2, 0) is 19.0 Å². The van der Waals surface area contributed by atoms with E-state index in [4.69, 9.17) is 9.47 Å². The highest BCUT2D eigenvalue weighted by molar-refractivity contribution is 5.74. The van der Waals surface area contributed by atoms with Crippen molar-refractivity contribution < 1.29 is 19.0 Å². The average molecular weight is 259 g/mol. The van der Waals surface area contributed by atoms with Gasteiger partial charge >= 0.3 is 5.97 Å². The number of ether oxygens (including phenoxy) is 3. The third-order valence-electron chi connectivity index (χ3n) is 3.01. The van der Waals surface area contributed by atoms with Gasteiger partial charge in [-0.05, 0) is 12.3 Å². The van der Waals surface area contributed by atoms with E-state index in [1.54, 1.807) is 0 Å². The molecular formula is C13H25NO4. The van der Waals surface area contributed by atoms with Crippen LogP contribution in [0.5, 0.6) is 0 Å². The predicted molar refractivity (Wildman–Crippen MR) is 68.5 cm³/mol. The fourth-order valence-electron chi connectivity index (χ4n) is 1.79. The van der Waals surface area contributed by atoms with Crippen LogP contribution in [0.1, 0.15) is 20.3 Å². The molecule has 0 aromatic heterocycles. The SMILES string of the molecule is COC(=O)C1CN(CCOCCC(C)C)CCO1. The Morgan fingerprint density at radius 2 is 2.22 bits per heavy atom. The van der Waals surface area contributed by atoms with Crippen LogP contribution in [0.4, 0.5) is 0 Å². The second-order valence-electron chi connectivity index (χ2n) is 4.98. The maximum atomic E-state index is 11.4. The molecule has 1 rings (SSSR count). The van der Waals surface area contributed by atoms with Gasteiger partial charge in [-0.25, -0.2) is 4.79 Å². The van der Waals surface area contributed by atoms with Gasteiger partial charge in [0.05, 0.1) is 20.3 Å². The summed E-state index contributed by atoms with van der Waals surface area (Å²) in [6.07, 6.45) is 0.646. The Labute approximate surface area is 109 Å². The normalized spacial score (nSPS) is 21.2. The monoisotopic (exact) mass is 259 g/mol. The Morgan fingerprint density at radius 1 is 1.44 bits per heavy atom. The van der Waals surface area contributed by atoms with Crippen molar-refractivity contribution in [1.29, 1.82) is 0 Å². The largest absolute Gasteiger partial charge is 0.467 e. The molecule has 0 amide bonds. The first-order valence-corrected chi connectivity index (χ1v) is 6.63. The van der Waals surface area contributed by atoms with E-state index in [-0.39, 0.29) is 5.97 Å². The molecule has 1 unspecified atom stereocenters. The van der Waals surface area contributed by atoms with Crippen molar-refractivity contribution in [2.24, 2.45) is 5.92 Å². The number of nitrogens with zero attached hydrogens (tertiary/aromatic N) is 1. The fourth-order valence-corrected chi connectivity index (χ4v) is 1.79. The van der Waals surface area contributed by atoms with E-state index in [1.165, 1.54) is 7.11 Å². The lowest BCUT2D eigenvalue weighted by atomic mass is 10.1. The highest BCUT2D eigenvalue weighted by atomic mass is 16.6. The first-order chi connectivity index (χ1) is 8.63. The molecule has 106 valence electrons. The zero-order valence-electron chi connectivity index (χ0n) is 11.7. The van der Waals surface area contributed by atoms with Crippen LogP contribution in [0, 0.1) is 5.92 Å². The Kier molecular flexibility index (Phi) is 7.23. The van der Waals surface area contributed by atoms with Crippen molar-refractivity contribution in [3.8, 4) is 0 Å². The van der Waals surface area contributed by atoms with Crippen LogP contribution in [0.25, 0.3) is 0 Å². The van der Waals surface area contributed by atoms with Gasteiger partial charge in [-0.1, -0.05) is 13.8 Å². The Hall–Kier alpha value is -0.650. The standard InChI is InChI=1S/C13H25NO4/c1-11(2)4-7-17-8-5-14-6-9-18-12(10-14)13(15)16-3/h11-12H,4-10H2,1-3H3. The van der Waals surface area contributed by atoms with Crippen molar-refractivity contribution in [3.05, 3.63) is 0 Å². The second kappa shape index (κ2) is 8.45. The molecule has 1 aliphatic rings. The molecule has 1 aliphatic heterocycles. The van der Waals surface area contributed by atoms with Gasteiger partial charge < -0.3 is 14.2 Å². The van der Waals surface area contributed by atoms with Gasteiger partial charge in [0.15, 0.2) is 6.10 Å². The van der Waals surface area contributed by atoms with Crippen LogP contribution >= 0.6 is 0 Å². The molecule has 0 spiro atoms. The van der Waals surface area contributed by atoms with E-state index in [0.29, 0.717) is 25.7 Å². The van der Waals surface area contributed by atoms with Crippen LogP contribution in [-0.4, -0.2) is 63.5 Å². The summed E-state index contributed by atoms with van der Waals surface area (Å²) in [5.41, 5.74) is 0. The summed E-state index contributed by atoms with van der Waals surface area (Å²) < 4.78 is 15.6. The predicted octanol–water partition coefficient (Wildman–Crippen LogP) is 0.923. The number of morpholine rings is 1. The average Bonchev–Trinajstić information content (AvgIpc) is 2.37. The number of rotatable bonds is 7. The lowest BCUT2D eigenvalue weighted by molar-refractivity contribution is -0.160. The zero-order chi connectivity index (χ0) is 13.4. The molecule has 1 saturated heterocycles. The van der Waals surface area contributed by atoms with Crippen molar-refractivity contribution in [2.75, 3.05) is 46.6 Å². The first kappa shape index (κ1) is 15.4. The number of carbonyl (C=O) groups excluding carboxylic acids is 1. The maximum absolute atomic E-state index is 11.4. The van der Waals surface area contributed by atoms with Gasteiger partial charge in [0.1, 0.15) is 0 Å². The molecule has 5 nitrogen and oxygen atoms in total. The van der Waals surface area contributed by atoms with Crippen molar-refractivity contribution in [3.63, 3.8) is 0 Å². The number of hydrogen-bond donors (Lipinski definition) is 0. The minimum atomic E-state index is -0.445. The lowest BCUT2D eigenvalue weighted by Gasteiger charge is -2.31. The summed E-state index contributed by atoms with van der Waals surface area (Å²) in [5, 5.41) is 0. The zero-order valence-corrected chi connectivity index (χ0v) is 11.7. The van der Waals surface area contributed by atoms with E-state index >= 15 is 0 Å². The van der Waals surface area contributed by atoms with Gasteiger partial charge in [0, 0.05) is 26.2 Å². The van der Waals surface area contributed by atoms with E-state index in [2.05, 4.69) is 23.5 Å². The van der Waals surface area contributed by atoms with Gasteiger partial charge in [0.25, 0.3) is 0 Å². The summed E-state index contributed by atoms with van der Waals surface area (Å²) >= 11 is 0. The molecule has 5 heteroatoms. The Bertz CT molecular complexity index is 245. The van der Waals surface area contributed by atoms with Gasteiger partial charge in [-0.3, -0.25) is 4.90 Å². The molecule has 1 atom stereocenters. The minimum absolute atomic E-state index is 0.291. The van der Waals surface area contributed by atoms with Crippen molar-refractivity contribution in [2.45, 2.75) is 26.4 Å². The third-order valence-corrected chi connectivity index (χ3v) is 3.01. The molecule has 0 bridgehead atoms.